The highest BCUT2D eigenvalue weighted by Crippen LogP contribution is 2.66. The smallest absolute Gasteiger partial charge is 0.262 e. The van der Waals surface area contributed by atoms with Gasteiger partial charge in [-0.25, -0.2) is 0 Å². The average Bonchev–Trinajstić information content (AvgIpc) is 3.41. The first-order valence-corrected chi connectivity index (χ1v) is 13.2. The Bertz CT molecular complexity index is 932. The summed E-state index contributed by atoms with van der Waals surface area (Å²) in [6.45, 7) is 7.86. The van der Waals surface area contributed by atoms with E-state index in [1.807, 2.05) is 13.0 Å². The molecular formula is C27H41NO7. The molecule has 0 aromatic carbocycles. The Kier molecular flexibility index (Phi) is 6.04. The van der Waals surface area contributed by atoms with Crippen LogP contribution in [0.1, 0.15) is 66.2 Å². The van der Waals surface area contributed by atoms with E-state index >= 15 is 0 Å². The van der Waals surface area contributed by atoms with Gasteiger partial charge < -0.3 is 24.8 Å². The molecule has 5 fully saturated rings. The van der Waals surface area contributed by atoms with Gasteiger partial charge in [0, 0.05) is 5.92 Å². The molecule has 5 rings (SSSR count). The summed E-state index contributed by atoms with van der Waals surface area (Å²) in [6, 6.07) is 0. The molecule has 0 aromatic rings. The minimum atomic E-state index is -1.36. The van der Waals surface area contributed by atoms with Gasteiger partial charge in [0.1, 0.15) is 0 Å². The monoisotopic (exact) mass is 491 g/mol. The van der Waals surface area contributed by atoms with Crippen molar-refractivity contribution < 1.29 is 34.4 Å². The Labute approximate surface area is 207 Å². The van der Waals surface area contributed by atoms with Gasteiger partial charge in [0.25, 0.3) is 5.91 Å². The number of likely N-dealkylation sites (tertiary alicyclic amines) is 1. The number of hydrogen-bond acceptors (Lipinski definition) is 7. The molecular weight excluding hydrogens is 450 g/mol. The second-order valence-corrected chi connectivity index (χ2v) is 12.5. The van der Waals surface area contributed by atoms with E-state index in [9.17, 15) is 24.9 Å². The van der Waals surface area contributed by atoms with E-state index in [-0.39, 0.29) is 55.3 Å². The Hall–Kier alpha value is -1.32. The van der Waals surface area contributed by atoms with E-state index in [2.05, 4.69) is 13.8 Å². The van der Waals surface area contributed by atoms with Crippen LogP contribution in [0, 0.1) is 29.1 Å². The predicted octanol–water partition coefficient (Wildman–Crippen LogP) is 1.80. The van der Waals surface area contributed by atoms with Gasteiger partial charge in [-0.3, -0.25) is 14.5 Å². The molecule has 8 heteroatoms. The molecule has 0 aromatic heterocycles. The number of carbonyl (C=O) groups excluding carboxylic acids is 2. The minimum Gasteiger partial charge on any atom is -0.395 e. The number of ether oxygens (including phenoxy) is 2. The quantitative estimate of drug-likeness (QED) is 0.406. The van der Waals surface area contributed by atoms with Crippen LogP contribution in [0.4, 0.5) is 0 Å². The lowest BCUT2D eigenvalue weighted by molar-refractivity contribution is -0.158. The SMILES string of the molecule is CC(=C[C@H]1C[C@H](C)[C@]2(CC[C@]3(C)C[C@H]4[C@]5(OC[C@@]4(C)O)C(=O)N(CCO)C(=O)[C@@H]5CC[C@H]32)O1)CO. The molecule has 3 aliphatic heterocycles. The summed E-state index contributed by atoms with van der Waals surface area (Å²) in [5, 5.41) is 30.5. The number of aliphatic hydroxyl groups is 3. The van der Waals surface area contributed by atoms with Gasteiger partial charge in [-0.1, -0.05) is 19.9 Å². The summed E-state index contributed by atoms with van der Waals surface area (Å²) < 4.78 is 13.0. The third kappa shape index (κ3) is 3.43. The molecule has 3 heterocycles. The maximum Gasteiger partial charge on any atom is 0.262 e. The summed E-state index contributed by atoms with van der Waals surface area (Å²) >= 11 is 0. The van der Waals surface area contributed by atoms with Gasteiger partial charge in [-0.15, -0.1) is 0 Å². The van der Waals surface area contributed by atoms with Crippen LogP contribution in [0.15, 0.2) is 11.6 Å². The van der Waals surface area contributed by atoms with Gasteiger partial charge in [0.05, 0.1) is 49.6 Å². The normalized spacial score (nSPS) is 49.9. The summed E-state index contributed by atoms with van der Waals surface area (Å²) in [5.41, 5.74) is -2.18. The summed E-state index contributed by atoms with van der Waals surface area (Å²) in [6.07, 6.45) is 6.54. The number of aliphatic hydroxyl groups excluding tert-OH is 2. The minimum absolute atomic E-state index is 0.0173. The molecule has 3 saturated heterocycles. The number of amides is 2. The zero-order chi connectivity index (χ0) is 25.4. The molecule has 5 aliphatic rings. The highest BCUT2D eigenvalue weighted by atomic mass is 16.5. The van der Waals surface area contributed by atoms with Crippen LogP contribution in [0.2, 0.25) is 0 Å². The second-order valence-electron chi connectivity index (χ2n) is 12.5. The molecule has 2 spiro atoms. The Morgan fingerprint density at radius 2 is 1.91 bits per heavy atom. The molecule has 35 heavy (non-hydrogen) atoms. The van der Waals surface area contributed by atoms with Gasteiger partial charge in [-0.05, 0) is 75.2 Å². The number of fused-ring (bicyclic) bond motifs is 2. The first-order chi connectivity index (χ1) is 16.4. The first kappa shape index (κ1) is 25.3. The van der Waals surface area contributed by atoms with Crippen LogP contribution in [0.25, 0.3) is 0 Å². The van der Waals surface area contributed by atoms with Crippen LogP contribution in [-0.2, 0) is 19.1 Å². The summed E-state index contributed by atoms with van der Waals surface area (Å²) in [5.74, 6) is -1.35. The number of imide groups is 1. The van der Waals surface area contributed by atoms with Gasteiger partial charge in [-0.2, -0.15) is 0 Å². The molecule has 196 valence electrons. The van der Waals surface area contributed by atoms with E-state index in [0.29, 0.717) is 18.8 Å². The second kappa shape index (κ2) is 8.35. The lowest BCUT2D eigenvalue weighted by Gasteiger charge is -2.48. The van der Waals surface area contributed by atoms with Crippen molar-refractivity contribution in [3.8, 4) is 0 Å². The summed E-state index contributed by atoms with van der Waals surface area (Å²) in [4.78, 5) is 28.3. The van der Waals surface area contributed by atoms with Crippen molar-refractivity contribution >= 4 is 11.8 Å². The standard InChI is InChI=1S/C27H41NO7/c1-16(14-30)11-18-12-17(2)26(35-18)8-7-24(3)13-21-25(4,33)15-34-27(21)19(5-6-20(24)26)22(31)28(9-10-29)23(27)32/h11,17-21,29-30,33H,5-10,12-15H2,1-4H3/t17-,18-,19-,20+,21+,24+,25+,26-,27-/m0/s1. The van der Waals surface area contributed by atoms with Crippen molar-refractivity contribution in [3.05, 3.63) is 11.6 Å². The maximum atomic E-state index is 13.7. The molecule has 0 bridgehead atoms. The fourth-order valence-corrected chi connectivity index (χ4v) is 8.59. The molecule has 2 amide bonds. The van der Waals surface area contributed by atoms with E-state index < -0.39 is 28.9 Å². The lowest BCUT2D eigenvalue weighted by atomic mass is 9.57. The third-order valence-electron chi connectivity index (χ3n) is 10.3. The predicted molar refractivity (Wildman–Crippen MR) is 127 cm³/mol. The van der Waals surface area contributed by atoms with Crippen molar-refractivity contribution in [2.75, 3.05) is 26.4 Å². The van der Waals surface area contributed by atoms with E-state index in [1.165, 1.54) is 0 Å². The molecule has 0 unspecified atom stereocenters. The van der Waals surface area contributed by atoms with Crippen LogP contribution in [0.5, 0.6) is 0 Å². The molecule has 8 nitrogen and oxygen atoms in total. The Balaban J connectivity index is 1.53. The molecule has 2 aliphatic carbocycles. The molecule has 0 radical (unpaired) electrons. The number of carbonyl (C=O) groups is 2. The average molecular weight is 492 g/mol. The molecule has 9 atom stereocenters. The number of β-amino-alcohol motifs (C(OH)–C–C–N with tert-alkyl or cyclic N) is 1. The van der Waals surface area contributed by atoms with E-state index in [1.54, 1.807) is 6.92 Å². The lowest BCUT2D eigenvalue weighted by Crippen LogP contribution is -2.56. The van der Waals surface area contributed by atoms with Crippen molar-refractivity contribution in [3.63, 3.8) is 0 Å². The zero-order valence-corrected chi connectivity index (χ0v) is 21.5. The van der Waals surface area contributed by atoms with E-state index in [4.69, 9.17) is 9.47 Å². The van der Waals surface area contributed by atoms with Crippen LogP contribution in [0.3, 0.4) is 0 Å². The van der Waals surface area contributed by atoms with Crippen LogP contribution < -0.4 is 0 Å². The topological polar surface area (TPSA) is 117 Å². The molecule has 2 saturated carbocycles. The van der Waals surface area contributed by atoms with Crippen molar-refractivity contribution in [2.24, 2.45) is 29.1 Å². The van der Waals surface area contributed by atoms with Crippen LogP contribution >= 0.6 is 0 Å². The van der Waals surface area contributed by atoms with Gasteiger partial charge in [0.2, 0.25) is 5.91 Å². The first-order valence-electron chi connectivity index (χ1n) is 13.2. The van der Waals surface area contributed by atoms with Crippen molar-refractivity contribution in [2.45, 2.75) is 89.1 Å². The van der Waals surface area contributed by atoms with Gasteiger partial charge in [0.15, 0.2) is 5.60 Å². The Morgan fingerprint density at radius 3 is 2.60 bits per heavy atom. The number of hydrogen-bond donors (Lipinski definition) is 3. The van der Waals surface area contributed by atoms with Crippen molar-refractivity contribution in [1.29, 1.82) is 0 Å². The highest BCUT2D eigenvalue weighted by Gasteiger charge is 2.73. The number of rotatable bonds is 4. The van der Waals surface area contributed by atoms with E-state index in [0.717, 1.165) is 36.2 Å². The van der Waals surface area contributed by atoms with Crippen LogP contribution in [-0.4, -0.2) is 81.3 Å². The zero-order valence-electron chi connectivity index (χ0n) is 21.5. The summed E-state index contributed by atoms with van der Waals surface area (Å²) in [7, 11) is 0. The van der Waals surface area contributed by atoms with Crippen molar-refractivity contribution in [1.82, 2.24) is 4.90 Å². The third-order valence-corrected chi connectivity index (χ3v) is 10.3. The fourth-order valence-electron chi connectivity index (χ4n) is 8.59. The van der Waals surface area contributed by atoms with Gasteiger partial charge >= 0.3 is 0 Å². The number of nitrogens with zero attached hydrogens (tertiary/aromatic N) is 1. The highest BCUT2D eigenvalue weighted by molar-refractivity contribution is 6.09. The largest absolute Gasteiger partial charge is 0.395 e. The molecule has 3 N–H and O–H groups in total. The Morgan fingerprint density at radius 1 is 1.17 bits per heavy atom. The fraction of sp³-hybridized carbons (Fsp3) is 0.852. The maximum absolute atomic E-state index is 13.7.